The normalized spacial score (nSPS) is 17.0. The summed E-state index contributed by atoms with van der Waals surface area (Å²) in [6.45, 7) is 1.28. The molecule has 0 radical (unpaired) electrons. The quantitative estimate of drug-likeness (QED) is 0.749. The summed E-state index contributed by atoms with van der Waals surface area (Å²) < 4.78 is 6.81. The number of benzene rings is 1. The van der Waals surface area contributed by atoms with E-state index in [-0.39, 0.29) is 30.0 Å². The van der Waals surface area contributed by atoms with E-state index in [4.69, 9.17) is 10.5 Å². The van der Waals surface area contributed by atoms with Crippen LogP contribution in [0.5, 0.6) is 5.75 Å². The van der Waals surface area contributed by atoms with Crippen molar-refractivity contribution >= 4 is 17.5 Å². The first-order valence-electron chi connectivity index (χ1n) is 7.97. The molecule has 0 saturated carbocycles. The molecule has 0 aliphatic carbocycles. The van der Waals surface area contributed by atoms with E-state index in [1.165, 1.54) is 10.9 Å². The highest BCUT2D eigenvalue weighted by Crippen LogP contribution is 2.30. The summed E-state index contributed by atoms with van der Waals surface area (Å²) in [5.41, 5.74) is 6.35. The highest BCUT2D eigenvalue weighted by atomic mass is 16.5. The van der Waals surface area contributed by atoms with Crippen molar-refractivity contribution in [3.05, 3.63) is 36.2 Å². The van der Waals surface area contributed by atoms with E-state index in [2.05, 4.69) is 15.6 Å². The number of ether oxygens (including phenoxy) is 1. The number of anilines is 1. The SMILES string of the molecule is COc1ccccc1N1C[C@H](NC(=O)c2cn(CCN)nn2)CC1=O. The maximum atomic E-state index is 12.3. The van der Waals surface area contributed by atoms with Gasteiger partial charge in [0.05, 0.1) is 31.6 Å². The Balaban J connectivity index is 1.67. The Bertz CT molecular complexity index is 775. The van der Waals surface area contributed by atoms with Crippen LogP contribution in [-0.4, -0.2) is 53.0 Å². The smallest absolute Gasteiger partial charge is 0.273 e. The van der Waals surface area contributed by atoms with Gasteiger partial charge in [-0.1, -0.05) is 17.3 Å². The van der Waals surface area contributed by atoms with Crippen molar-refractivity contribution in [2.45, 2.75) is 19.0 Å². The van der Waals surface area contributed by atoms with Gasteiger partial charge in [0.1, 0.15) is 5.75 Å². The van der Waals surface area contributed by atoms with Crippen LogP contribution in [0.2, 0.25) is 0 Å². The van der Waals surface area contributed by atoms with Gasteiger partial charge in [0.15, 0.2) is 5.69 Å². The Morgan fingerprint density at radius 2 is 2.24 bits per heavy atom. The minimum absolute atomic E-state index is 0.0680. The fourth-order valence-corrected chi connectivity index (χ4v) is 2.79. The molecule has 0 unspecified atom stereocenters. The predicted molar refractivity (Wildman–Crippen MR) is 90.3 cm³/mol. The summed E-state index contributed by atoms with van der Waals surface area (Å²) in [6, 6.07) is 6.99. The molecule has 0 bridgehead atoms. The van der Waals surface area contributed by atoms with Crippen LogP contribution in [0, 0.1) is 0 Å². The molecule has 1 aliphatic heterocycles. The van der Waals surface area contributed by atoms with Crippen LogP contribution in [-0.2, 0) is 11.3 Å². The van der Waals surface area contributed by atoms with Crippen LogP contribution in [0.25, 0.3) is 0 Å². The molecule has 3 rings (SSSR count). The molecule has 1 aromatic heterocycles. The molecular weight excluding hydrogens is 324 g/mol. The van der Waals surface area contributed by atoms with Crippen LogP contribution < -0.4 is 20.7 Å². The first kappa shape index (κ1) is 16.9. The summed E-state index contributed by atoms with van der Waals surface area (Å²) in [7, 11) is 1.56. The summed E-state index contributed by atoms with van der Waals surface area (Å²) in [5.74, 6) is 0.192. The lowest BCUT2D eigenvalue weighted by molar-refractivity contribution is -0.117. The summed E-state index contributed by atoms with van der Waals surface area (Å²) >= 11 is 0. The largest absolute Gasteiger partial charge is 0.495 e. The minimum Gasteiger partial charge on any atom is -0.495 e. The zero-order valence-electron chi connectivity index (χ0n) is 13.9. The first-order chi connectivity index (χ1) is 12.1. The van der Waals surface area contributed by atoms with Gasteiger partial charge < -0.3 is 20.7 Å². The average molecular weight is 344 g/mol. The second kappa shape index (κ2) is 7.31. The Morgan fingerprint density at radius 1 is 1.44 bits per heavy atom. The van der Waals surface area contributed by atoms with Crippen LogP contribution in [0.3, 0.4) is 0 Å². The molecule has 2 heterocycles. The maximum absolute atomic E-state index is 12.3. The number of para-hydroxylation sites is 2. The molecule has 1 fully saturated rings. The number of carbonyl (C=O) groups is 2. The van der Waals surface area contributed by atoms with Crippen molar-refractivity contribution in [2.75, 3.05) is 25.1 Å². The second-order valence-electron chi connectivity index (χ2n) is 5.71. The van der Waals surface area contributed by atoms with Gasteiger partial charge in [-0.25, -0.2) is 0 Å². The Kier molecular flexibility index (Phi) is 4.94. The van der Waals surface area contributed by atoms with E-state index in [0.717, 1.165) is 0 Å². The third-order valence-corrected chi connectivity index (χ3v) is 3.97. The van der Waals surface area contributed by atoms with Crippen LogP contribution in [0.1, 0.15) is 16.9 Å². The number of aromatic nitrogens is 3. The zero-order valence-corrected chi connectivity index (χ0v) is 13.9. The highest BCUT2D eigenvalue weighted by Gasteiger charge is 2.33. The van der Waals surface area contributed by atoms with E-state index >= 15 is 0 Å². The summed E-state index contributed by atoms with van der Waals surface area (Å²) in [5, 5.41) is 10.5. The Hall–Kier alpha value is -2.94. The zero-order chi connectivity index (χ0) is 17.8. The molecular formula is C16H20N6O3. The van der Waals surface area contributed by atoms with Gasteiger partial charge in [-0.3, -0.25) is 14.3 Å². The van der Waals surface area contributed by atoms with Crippen LogP contribution >= 0.6 is 0 Å². The number of nitrogens with two attached hydrogens (primary N) is 1. The molecule has 9 nitrogen and oxygen atoms in total. The monoisotopic (exact) mass is 344 g/mol. The fraction of sp³-hybridized carbons (Fsp3) is 0.375. The van der Waals surface area contributed by atoms with Crippen molar-refractivity contribution in [1.29, 1.82) is 0 Å². The molecule has 132 valence electrons. The summed E-state index contributed by atoms with van der Waals surface area (Å²) in [4.78, 5) is 26.2. The van der Waals surface area contributed by atoms with Gasteiger partial charge in [0.25, 0.3) is 5.91 Å². The molecule has 1 aliphatic rings. The van der Waals surface area contributed by atoms with Gasteiger partial charge in [-0.15, -0.1) is 5.10 Å². The molecule has 1 saturated heterocycles. The van der Waals surface area contributed by atoms with Crippen molar-refractivity contribution in [2.24, 2.45) is 5.73 Å². The predicted octanol–water partition coefficient (Wildman–Crippen LogP) is -0.219. The fourth-order valence-electron chi connectivity index (χ4n) is 2.79. The van der Waals surface area contributed by atoms with E-state index < -0.39 is 0 Å². The number of carbonyl (C=O) groups excluding carboxylic acids is 2. The second-order valence-corrected chi connectivity index (χ2v) is 5.71. The number of methoxy groups -OCH3 is 1. The molecule has 1 atom stereocenters. The van der Waals surface area contributed by atoms with Crippen LogP contribution in [0.15, 0.2) is 30.5 Å². The molecule has 25 heavy (non-hydrogen) atoms. The lowest BCUT2D eigenvalue weighted by Crippen LogP contribution is -2.37. The number of rotatable bonds is 6. The highest BCUT2D eigenvalue weighted by molar-refractivity contribution is 5.99. The van der Waals surface area contributed by atoms with Gasteiger partial charge in [0.2, 0.25) is 5.91 Å². The topological polar surface area (TPSA) is 115 Å². The Labute approximate surface area is 144 Å². The Morgan fingerprint density at radius 3 is 3.00 bits per heavy atom. The van der Waals surface area contributed by atoms with E-state index in [9.17, 15) is 9.59 Å². The van der Waals surface area contributed by atoms with Gasteiger partial charge in [-0.2, -0.15) is 0 Å². The lowest BCUT2D eigenvalue weighted by Gasteiger charge is -2.19. The van der Waals surface area contributed by atoms with Crippen molar-refractivity contribution in [3.63, 3.8) is 0 Å². The number of hydrogen-bond acceptors (Lipinski definition) is 6. The van der Waals surface area contributed by atoms with Gasteiger partial charge >= 0.3 is 0 Å². The van der Waals surface area contributed by atoms with Gasteiger partial charge in [-0.05, 0) is 12.1 Å². The average Bonchev–Trinajstić information content (AvgIpc) is 3.22. The van der Waals surface area contributed by atoms with E-state index in [1.807, 2.05) is 18.2 Å². The van der Waals surface area contributed by atoms with Crippen molar-refractivity contribution in [1.82, 2.24) is 20.3 Å². The van der Waals surface area contributed by atoms with Gasteiger partial charge in [0, 0.05) is 19.5 Å². The molecule has 3 N–H and O–H groups in total. The molecule has 0 spiro atoms. The first-order valence-corrected chi connectivity index (χ1v) is 7.97. The number of nitrogens with zero attached hydrogens (tertiary/aromatic N) is 4. The third kappa shape index (κ3) is 3.61. The van der Waals surface area contributed by atoms with E-state index in [0.29, 0.717) is 31.1 Å². The molecule has 9 heteroatoms. The maximum Gasteiger partial charge on any atom is 0.273 e. The van der Waals surface area contributed by atoms with E-state index in [1.54, 1.807) is 18.1 Å². The van der Waals surface area contributed by atoms with Crippen molar-refractivity contribution in [3.8, 4) is 5.75 Å². The third-order valence-electron chi connectivity index (χ3n) is 3.97. The van der Waals surface area contributed by atoms with Crippen molar-refractivity contribution < 1.29 is 14.3 Å². The molecule has 2 aromatic rings. The molecule has 1 aromatic carbocycles. The van der Waals surface area contributed by atoms with Crippen LogP contribution in [0.4, 0.5) is 5.69 Å². The standard InChI is InChI=1S/C16H20N6O3/c1-25-14-5-3-2-4-13(14)22-9-11(8-15(22)23)18-16(24)12-10-21(7-6-17)20-19-12/h2-5,10-11H,6-9,17H2,1H3,(H,18,24)/t11-/m1/s1. The molecule has 2 amide bonds. The summed E-state index contributed by atoms with van der Waals surface area (Å²) in [6.07, 6.45) is 1.76. The number of nitrogens with one attached hydrogen (secondary N) is 1. The number of hydrogen-bond donors (Lipinski definition) is 2. The number of amides is 2. The minimum atomic E-state index is -0.358. The lowest BCUT2D eigenvalue weighted by atomic mass is 10.2.